The Morgan fingerprint density at radius 3 is 2.93 bits per heavy atom. The Morgan fingerprint density at radius 1 is 1.29 bits per heavy atom. The molecule has 0 aliphatic heterocycles. The molecular formula is C11H13N3. The highest BCUT2D eigenvalue weighted by Gasteiger charge is 2.06. The van der Waals surface area contributed by atoms with E-state index in [-0.39, 0.29) is 0 Å². The van der Waals surface area contributed by atoms with Crippen LogP contribution in [0.4, 0.5) is 0 Å². The largest absolute Gasteiger partial charge is 0.253 e. The van der Waals surface area contributed by atoms with Crippen LogP contribution in [0.2, 0.25) is 0 Å². The predicted octanol–water partition coefficient (Wildman–Crippen LogP) is 2.54. The summed E-state index contributed by atoms with van der Waals surface area (Å²) in [5.74, 6) is 1.33. The highest BCUT2D eigenvalue weighted by Crippen LogP contribution is 2.16. The van der Waals surface area contributed by atoms with Crippen molar-refractivity contribution in [2.24, 2.45) is 0 Å². The maximum absolute atomic E-state index is 4.47. The van der Waals surface area contributed by atoms with Gasteiger partial charge in [-0.2, -0.15) is 0 Å². The zero-order valence-electron chi connectivity index (χ0n) is 8.44. The molecule has 3 heteroatoms. The topological polar surface area (TPSA) is 38.7 Å². The number of nitrogens with zero attached hydrogens (tertiary/aromatic N) is 3. The van der Waals surface area contributed by atoms with Gasteiger partial charge in [-0.3, -0.25) is 4.98 Å². The van der Waals surface area contributed by atoms with Crippen molar-refractivity contribution in [3.63, 3.8) is 0 Å². The molecule has 2 rings (SSSR count). The molecule has 0 saturated heterocycles. The van der Waals surface area contributed by atoms with E-state index >= 15 is 0 Å². The molecule has 0 saturated carbocycles. The zero-order chi connectivity index (χ0) is 9.97. The molecule has 0 aliphatic carbocycles. The van der Waals surface area contributed by atoms with E-state index in [1.165, 1.54) is 0 Å². The van der Waals surface area contributed by atoms with Gasteiger partial charge in [-0.05, 0) is 18.6 Å². The van der Waals surface area contributed by atoms with Crippen molar-refractivity contribution < 1.29 is 0 Å². The minimum absolute atomic E-state index is 0.416. The minimum Gasteiger partial charge on any atom is -0.253 e. The predicted molar refractivity (Wildman–Crippen MR) is 56.0 cm³/mol. The average Bonchev–Trinajstić information content (AvgIpc) is 2.27. The molecule has 0 spiro atoms. The second-order valence-electron chi connectivity index (χ2n) is 3.45. The third kappa shape index (κ3) is 1.58. The smallest absolute Gasteiger partial charge is 0.131 e. The Kier molecular flexibility index (Phi) is 2.39. The van der Waals surface area contributed by atoms with Gasteiger partial charge in [-0.15, -0.1) is 0 Å². The number of hydrogen-bond acceptors (Lipinski definition) is 3. The van der Waals surface area contributed by atoms with E-state index in [1.54, 1.807) is 12.4 Å². The van der Waals surface area contributed by atoms with Crippen molar-refractivity contribution >= 4 is 11.0 Å². The van der Waals surface area contributed by atoms with E-state index < -0.39 is 0 Å². The van der Waals surface area contributed by atoms with E-state index in [1.807, 2.05) is 12.1 Å². The first-order chi connectivity index (χ1) is 6.81. The lowest BCUT2D eigenvalue weighted by Crippen LogP contribution is -1.99. The zero-order valence-corrected chi connectivity index (χ0v) is 8.44. The van der Waals surface area contributed by atoms with Crippen LogP contribution >= 0.6 is 0 Å². The maximum Gasteiger partial charge on any atom is 0.131 e. The number of aromatic nitrogens is 3. The molecule has 0 aliphatic rings. The summed E-state index contributed by atoms with van der Waals surface area (Å²) in [5.41, 5.74) is 1.79. The number of rotatable bonds is 2. The van der Waals surface area contributed by atoms with Crippen LogP contribution < -0.4 is 0 Å². The molecule has 0 bridgehead atoms. The van der Waals surface area contributed by atoms with Crippen LogP contribution in [0.15, 0.2) is 24.5 Å². The summed E-state index contributed by atoms with van der Waals surface area (Å²) in [7, 11) is 0. The van der Waals surface area contributed by atoms with Crippen molar-refractivity contribution in [3.8, 4) is 0 Å². The Bertz CT molecular complexity index is 439. The second kappa shape index (κ2) is 3.70. The first kappa shape index (κ1) is 9.06. The Balaban J connectivity index is 2.51. The van der Waals surface area contributed by atoms with Crippen LogP contribution in [-0.2, 0) is 0 Å². The molecule has 0 aromatic carbocycles. The first-order valence-electron chi connectivity index (χ1n) is 4.89. The highest BCUT2D eigenvalue weighted by atomic mass is 14.9. The van der Waals surface area contributed by atoms with Crippen LogP contribution in [-0.4, -0.2) is 15.0 Å². The monoisotopic (exact) mass is 187 g/mol. The minimum atomic E-state index is 0.416. The van der Waals surface area contributed by atoms with Crippen molar-refractivity contribution in [2.75, 3.05) is 0 Å². The normalized spacial score (nSPS) is 13.0. The molecule has 0 fully saturated rings. The lowest BCUT2D eigenvalue weighted by Gasteiger charge is -2.06. The van der Waals surface area contributed by atoms with Crippen LogP contribution in [0.5, 0.6) is 0 Å². The standard InChI is InChI=1S/C11H13N3/c1-3-8(2)11-13-7-10-9(14-11)5-4-6-12-10/h4-8H,3H2,1-2H3. The fourth-order valence-corrected chi connectivity index (χ4v) is 1.30. The lowest BCUT2D eigenvalue weighted by molar-refractivity contribution is 0.683. The van der Waals surface area contributed by atoms with Gasteiger partial charge in [0.25, 0.3) is 0 Å². The summed E-state index contributed by atoms with van der Waals surface area (Å²) in [4.78, 5) is 13.0. The molecule has 0 N–H and O–H groups in total. The van der Waals surface area contributed by atoms with Gasteiger partial charge in [-0.1, -0.05) is 13.8 Å². The van der Waals surface area contributed by atoms with Crippen LogP contribution in [0.1, 0.15) is 32.0 Å². The van der Waals surface area contributed by atoms with Crippen LogP contribution in [0.3, 0.4) is 0 Å². The summed E-state index contributed by atoms with van der Waals surface area (Å²) in [6.45, 7) is 4.28. The summed E-state index contributed by atoms with van der Waals surface area (Å²) in [5, 5.41) is 0. The molecule has 0 amide bonds. The van der Waals surface area contributed by atoms with Gasteiger partial charge in [0.05, 0.1) is 11.7 Å². The second-order valence-corrected chi connectivity index (χ2v) is 3.45. The average molecular weight is 187 g/mol. The molecule has 3 nitrogen and oxygen atoms in total. The van der Waals surface area contributed by atoms with Gasteiger partial charge in [0.1, 0.15) is 11.3 Å². The van der Waals surface area contributed by atoms with Gasteiger partial charge >= 0.3 is 0 Å². The van der Waals surface area contributed by atoms with Crippen molar-refractivity contribution in [1.29, 1.82) is 0 Å². The molecule has 1 atom stereocenters. The fourth-order valence-electron chi connectivity index (χ4n) is 1.30. The van der Waals surface area contributed by atoms with Gasteiger partial charge in [0.2, 0.25) is 0 Å². The SMILES string of the molecule is CCC(C)c1ncc2ncccc2n1. The lowest BCUT2D eigenvalue weighted by atomic mass is 10.1. The van der Waals surface area contributed by atoms with Crippen molar-refractivity contribution in [3.05, 3.63) is 30.4 Å². The van der Waals surface area contributed by atoms with Crippen LogP contribution in [0, 0.1) is 0 Å². The third-order valence-corrected chi connectivity index (χ3v) is 2.42. The maximum atomic E-state index is 4.47. The fraction of sp³-hybridized carbons (Fsp3) is 0.364. The Labute approximate surface area is 83.2 Å². The number of pyridine rings is 1. The molecule has 2 aromatic heterocycles. The molecule has 72 valence electrons. The van der Waals surface area contributed by atoms with Gasteiger partial charge in [-0.25, -0.2) is 9.97 Å². The number of hydrogen-bond donors (Lipinski definition) is 0. The van der Waals surface area contributed by atoms with E-state index in [4.69, 9.17) is 0 Å². The van der Waals surface area contributed by atoms with Crippen molar-refractivity contribution in [1.82, 2.24) is 15.0 Å². The quantitative estimate of drug-likeness (QED) is 0.725. The third-order valence-electron chi connectivity index (χ3n) is 2.42. The van der Waals surface area contributed by atoms with E-state index in [2.05, 4.69) is 28.8 Å². The molecule has 0 radical (unpaired) electrons. The Morgan fingerprint density at radius 2 is 2.14 bits per heavy atom. The van der Waals surface area contributed by atoms with E-state index in [0.29, 0.717) is 5.92 Å². The van der Waals surface area contributed by atoms with Crippen molar-refractivity contribution in [2.45, 2.75) is 26.2 Å². The Hall–Kier alpha value is -1.51. The highest BCUT2D eigenvalue weighted by molar-refractivity contribution is 5.72. The molecular weight excluding hydrogens is 174 g/mol. The summed E-state index contributed by atoms with van der Waals surface area (Å²) in [6.07, 6.45) is 4.62. The molecule has 1 unspecified atom stereocenters. The summed E-state index contributed by atoms with van der Waals surface area (Å²) < 4.78 is 0. The van der Waals surface area contributed by atoms with Gasteiger partial charge in [0, 0.05) is 12.1 Å². The molecule has 2 heterocycles. The van der Waals surface area contributed by atoms with E-state index in [0.717, 1.165) is 23.3 Å². The van der Waals surface area contributed by atoms with Gasteiger partial charge < -0.3 is 0 Å². The first-order valence-corrected chi connectivity index (χ1v) is 4.89. The summed E-state index contributed by atoms with van der Waals surface area (Å²) >= 11 is 0. The molecule has 2 aromatic rings. The number of fused-ring (bicyclic) bond motifs is 1. The van der Waals surface area contributed by atoms with Gasteiger partial charge in [0.15, 0.2) is 0 Å². The van der Waals surface area contributed by atoms with Crippen LogP contribution in [0.25, 0.3) is 11.0 Å². The summed E-state index contributed by atoms with van der Waals surface area (Å²) in [6, 6.07) is 3.87. The molecule has 14 heavy (non-hydrogen) atoms. The van der Waals surface area contributed by atoms with E-state index in [9.17, 15) is 0 Å².